The quantitative estimate of drug-likeness (QED) is 0.585. The highest BCUT2D eigenvalue weighted by Gasteiger charge is 2.32. The molecule has 1 aromatic rings. The maximum absolute atomic E-state index is 2.37. The molecule has 2 rings (SSSR count). The molecule has 0 fully saturated rings. The molecule has 0 spiro atoms. The molecule has 0 unspecified atom stereocenters. The zero-order chi connectivity index (χ0) is 11.4. The van der Waals surface area contributed by atoms with Gasteiger partial charge in [0.1, 0.15) is 0 Å². The van der Waals surface area contributed by atoms with Crippen LogP contribution in [0.3, 0.4) is 0 Å². The highest BCUT2D eigenvalue weighted by molar-refractivity contribution is 5.73. The second kappa shape index (κ2) is 2.98. The van der Waals surface area contributed by atoms with Crippen molar-refractivity contribution in [3.63, 3.8) is 0 Å². The third-order valence-corrected chi connectivity index (χ3v) is 4.06. The van der Waals surface area contributed by atoms with Crippen molar-refractivity contribution in [3.05, 3.63) is 39.5 Å². The molecular formula is C15H20. The van der Waals surface area contributed by atoms with E-state index in [4.69, 9.17) is 0 Å². The minimum atomic E-state index is 0.220. The molecule has 0 nitrogen and oxygen atoms in total. The number of fused-ring (bicyclic) bond motifs is 1. The summed E-state index contributed by atoms with van der Waals surface area (Å²) >= 11 is 0. The van der Waals surface area contributed by atoms with Gasteiger partial charge in [-0.3, -0.25) is 0 Å². The Morgan fingerprint density at radius 3 is 2.13 bits per heavy atom. The molecule has 0 saturated heterocycles. The zero-order valence-electron chi connectivity index (χ0n) is 10.7. The lowest BCUT2D eigenvalue weighted by atomic mass is 9.79. The van der Waals surface area contributed by atoms with E-state index in [0.29, 0.717) is 0 Å². The summed E-state index contributed by atoms with van der Waals surface area (Å²) in [6.45, 7) is 13.6. The van der Waals surface area contributed by atoms with E-state index in [-0.39, 0.29) is 5.41 Å². The van der Waals surface area contributed by atoms with Crippen molar-refractivity contribution in [3.8, 4) is 0 Å². The highest BCUT2D eigenvalue weighted by atomic mass is 14.4. The number of benzene rings is 1. The Morgan fingerprint density at radius 1 is 0.933 bits per heavy atom. The van der Waals surface area contributed by atoms with Crippen LogP contribution in [-0.4, -0.2) is 0 Å². The van der Waals surface area contributed by atoms with E-state index in [9.17, 15) is 0 Å². The fraction of sp³-hybridized carbons (Fsp3) is 0.467. The smallest absolute Gasteiger partial charge is 0.0114 e. The number of hydrogen-bond donors (Lipinski definition) is 0. The Bertz CT molecular complexity index is 459. The molecule has 0 heterocycles. The van der Waals surface area contributed by atoms with Gasteiger partial charge in [-0.2, -0.15) is 0 Å². The van der Waals surface area contributed by atoms with E-state index < -0.39 is 0 Å². The topological polar surface area (TPSA) is 0 Å². The van der Waals surface area contributed by atoms with Gasteiger partial charge in [0.15, 0.2) is 0 Å². The summed E-state index contributed by atoms with van der Waals surface area (Å²) in [7, 11) is 0. The van der Waals surface area contributed by atoms with Crippen LogP contribution >= 0.6 is 0 Å². The lowest BCUT2D eigenvalue weighted by Gasteiger charge is -2.25. The normalized spacial score (nSPS) is 17.6. The Morgan fingerprint density at radius 2 is 1.53 bits per heavy atom. The molecule has 0 bridgehead atoms. The van der Waals surface area contributed by atoms with E-state index in [0.717, 1.165) is 0 Å². The summed E-state index contributed by atoms with van der Waals surface area (Å²) in [5, 5.41) is 0. The van der Waals surface area contributed by atoms with Crippen molar-refractivity contribution in [1.29, 1.82) is 0 Å². The molecule has 0 radical (unpaired) electrons. The molecule has 0 aromatic heterocycles. The minimum Gasteiger partial charge on any atom is -0.0626 e. The molecule has 0 heteroatoms. The predicted octanol–water partition coefficient (Wildman–Crippen LogP) is 4.31. The molecule has 80 valence electrons. The number of hydrogen-bond acceptors (Lipinski definition) is 0. The van der Waals surface area contributed by atoms with Crippen LogP contribution in [-0.2, 0) is 5.41 Å². The van der Waals surface area contributed by atoms with Gasteiger partial charge in [-0.1, -0.05) is 31.6 Å². The molecule has 0 N–H and O–H groups in total. The molecule has 1 aliphatic rings. The van der Waals surface area contributed by atoms with Gasteiger partial charge >= 0.3 is 0 Å². The van der Waals surface area contributed by atoms with Gasteiger partial charge in [-0.05, 0) is 55.5 Å². The molecule has 1 aromatic carbocycles. The number of aryl methyl sites for hydroxylation is 2. The summed E-state index contributed by atoms with van der Waals surface area (Å²) < 4.78 is 0. The van der Waals surface area contributed by atoms with Gasteiger partial charge in [0.2, 0.25) is 0 Å². The van der Waals surface area contributed by atoms with Crippen molar-refractivity contribution in [1.82, 2.24) is 0 Å². The first-order valence-corrected chi connectivity index (χ1v) is 5.65. The van der Waals surface area contributed by atoms with Crippen LogP contribution < -0.4 is 0 Å². The molecule has 0 amide bonds. The SMILES string of the molecule is CC1=Cc2c(C)c(C)cc(C)c2C1(C)C. The Balaban J connectivity index is 2.82. The highest BCUT2D eigenvalue weighted by Crippen LogP contribution is 2.44. The van der Waals surface area contributed by atoms with Gasteiger partial charge in [0, 0.05) is 5.41 Å². The van der Waals surface area contributed by atoms with Crippen LogP contribution in [0, 0.1) is 20.8 Å². The first kappa shape index (κ1) is 10.5. The maximum Gasteiger partial charge on any atom is 0.0114 e. The largest absolute Gasteiger partial charge is 0.0626 e. The van der Waals surface area contributed by atoms with Crippen molar-refractivity contribution >= 4 is 6.08 Å². The summed E-state index contributed by atoms with van der Waals surface area (Å²) in [6.07, 6.45) is 2.37. The van der Waals surface area contributed by atoms with Crippen molar-refractivity contribution in [2.75, 3.05) is 0 Å². The number of rotatable bonds is 0. The predicted molar refractivity (Wildman–Crippen MR) is 67.3 cm³/mol. The summed E-state index contributed by atoms with van der Waals surface area (Å²) in [5.74, 6) is 0. The summed E-state index contributed by atoms with van der Waals surface area (Å²) in [6, 6.07) is 2.32. The Labute approximate surface area is 93.0 Å². The Kier molecular flexibility index (Phi) is 2.08. The van der Waals surface area contributed by atoms with E-state index >= 15 is 0 Å². The third kappa shape index (κ3) is 1.27. The van der Waals surface area contributed by atoms with Crippen LogP contribution in [0.4, 0.5) is 0 Å². The van der Waals surface area contributed by atoms with Crippen LogP contribution in [0.25, 0.3) is 6.08 Å². The number of allylic oxidation sites excluding steroid dienone is 1. The zero-order valence-corrected chi connectivity index (χ0v) is 10.7. The molecule has 15 heavy (non-hydrogen) atoms. The standard InChI is InChI=1S/C15H20/c1-9-7-10(2)14-13(12(9)4)8-11(3)15(14,5)6/h7-8H,1-6H3. The van der Waals surface area contributed by atoms with E-state index in [2.05, 4.69) is 53.7 Å². The van der Waals surface area contributed by atoms with Gasteiger partial charge in [0.25, 0.3) is 0 Å². The van der Waals surface area contributed by atoms with Gasteiger partial charge < -0.3 is 0 Å². The van der Waals surface area contributed by atoms with Gasteiger partial charge in [-0.25, -0.2) is 0 Å². The third-order valence-electron chi connectivity index (χ3n) is 4.06. The van der Waals surface area contributed by atoms with Crippen molar-refractivity contribution in [2.24, 2.45) is 0 Å². The van der Waals surface area contributed by atoms with Crippen LogP contribution in [0.1, 0.15) is 48.6 Å². The molecule has 1 aliphatic carbocycles. The minimum absolute atomic E-state index is 0.220. The molecule has 0 atom stereocenters. The summed E-state index contributed by atoms with van der Waals surface area (Å²) in [4.78, 5) is 0. The molecule has 0 saturated carbocycles. The van der Waals surface area contributed by atoms with E-state index in [1.165, 1.54) is 33.4 Å². The Hall–Kier alpha value is -1.04. The van der Waals surface area contributed by atoms with Gasteiger partial charge in [-0.15, -0.1) is 0 Å². The fourth-order valence-corrected chi connectivity index (χ4v) is 2.72. The average Bonchev–Trinajstić information content (AvgIpc) is 2.35. The molecular weight excluding hydrogens is 180 g/mol. The lowest BCUT2D eigenvalue weighted by molar-refractivity contribution is 0.634. The summed E-state index contributed by atoms with van der Waals surface area (Å²) in [5.41, 5.74) is 8.99. The van der Waals surface area contributed by atoms with Crippen LogP contribution in [0.15, 0.2) is 11.6 Å². The first-order valence-electron chi connectivity index (χ1n) is 5.65. The van der Waals surface area contributed by atoms with E-state index in [1.54, 1.807) is 0 Å². The van der Waals surface area contributed by atoms with Crippen molar-refractivity contribution in [2.45, 2.75) is 47.0 Å². The second-order valence-electron chi connectivity index (χ2n) is 5.38. The van der Waals surface area contributed by atoms with Crippen LogP contribution in [0.2, 0.25) is 0 Å². The fourth-order valence-electron chi connectivity index (χ4n) is 2.72. The first-order chi connectivity index (χ1) is 6.85. The van der Waals surface area contributed by atoms with Crippen molar-refractivity contribution < 1.29 is 0 Å². The molecule has 0 aliphatic heterocycles. The second-order valence-corrected chi connectivity index (χ2v) is 5.38. The monoisotopic (exact) mass is 200 g/mol. The van der Waals surface area contributed by atoms with E-state index in [1.807, 2.05) is 0 Å². The lowest BCUT2D eigenvalue weighted by Crippen LogP contribution is -2.17. The maximum atomic E-state index is 2.37. The van der Waals surface area contributed by atoms with Crippen LogP contribution in [0.5, 0.6) is 0 Å². The van der Waals surface area contributed by atoms with Gasteiger partial charge in [0.05, 0.1) is 0 Å². The average molecular weight is 200 g/mol.